The number of hydrogen-bond acceptors (Lipinski definition) is 4. The van der Waals surface area contributed by atoms with E-state index in [-0.39, 0.29) is 17.3 Å². The molecule has 25 heavy (non-hydrogen) atoms. The third kappa shape index (κ3) is 5.95. The van der Waals surface area contributed by atoms with Gasteiger partial charge in [0.05, 0.1) is 4.90 Å². The summed E-state index contributed by atoms with van der Waals surface area (Å²) in [6.45, 7) is 4.87. The van der Waals surface area contributed by atoms with Crippen molar-refractivity contribution < 1.29 is 13.2 Å². The number of benzene rings is 1. The molecule has 0 bridgehead atoms. The van der Waals surface area contributed by atoms with Gasteiger partial charge in [0.25, 0.3) is 5.91 Å². The Morgan fingerprint density at radius 1 is 1.16 bits per heavy atom. The zero-order chi connectivity index (χ0) is 18.3. The molecule has 0 unspecified atom stereocenters. The second-order valence-electron chi connectivity index (χ2n) is 6.14. The molecule has 0 aliphatic heterocycles. The van der Waals surface area contributed by atoms with E-state index in [0.29, 0.717) is 24.4 Å². The minimum atomic E-state index is -3.60. The van der Waals surface area contributed by atoms with Crippen molar-refractivity contribution in [2.75, 3.05) is 13.1 Å². The summed E-state index contributed by atoms with van der Waals surface area (Å²) in [6.07, 6.45) is 3.94. The Morgan fingerprint density at radius 3 is 2.48 bits per heavy atom. The van der Waals surface area contributed by atoms with E-state index in [9.17, 15) is 13.2 Å². The van der Waals surface area contributed by atoms with Gasteiger partial charge in [-0.05, 0) is 48.2 Å². The van der Waals surface area contributed by atoms with Crippen LogP contribution in [0.5, 0.6) is 0 Å². The van der Waals surface area contributed by atoms with Gasteiger partial charge in [0.2, 0.25) is 10.0 Å². The Morgan fingerprint density at radius 2 is 1.88 bits per heavy atom. The Labute approximate surface area is 148 Å². The Hall–Kier alpha value is -2.25. The van der Waals surface area contributed by atoms with Crippen LogP contribution in [0.25, 0.3) is 0 Å². The molecule has 0 spiro atoms. The molecular formula is C18H23N3O3S. The molecule has 0 fully saturated rings. The van der Waals surface area contributed by atoms with Crippen LogP contribution in [0.3, 0.4) is 0 Å². The van der Waals surface area contributed by atoms with E-state index in [1.165, 1.54) is 24.3 Å². The Bertz CT molecular complexity index is 788. The van der Waals surface area contributed by atoms with Gasteiger partial charge < -0.3 is 5.32 Å². The highest BCUT2D eigenvalue weighted by Crippen LogP contribution is 2.11. The molecule has 1 heterocycles. The van der Waals surface area contributed by atoms with Gasteiger partial charge in [0.15, 0.2) is 0 Å². The molecule has 0 saturated carbocycles. The average molecular weight is 361 g/mol. The Balaban J connectivity index is 1.94. The highest BCUT2D eigenvalue weighted by Gasteiger charge is 2.14. The Kier molecular flexibility index (Phi) is 6.66. The minimum Gasteiger partial charge on any atom is -0.352 e. The fraction of sp³-hybridized carbons (Fsp3) is 0.333. The molecule has 1 aromatic heterocycles. The lowest BCUT2D eigenvalue weighted by Gasteiger charge is -2.09. The molecule has 0 aliphatic rings. The quantitative estimate of drug-likeness (QED) is 0.753. The molecule has 0 saturated heterocycles. The van der Waals surface area contributed by atoms with Crippen LogP contribution in [0, 0.1) is 5.92 Å². The van der Waals surface area contributed by atoms with Crippen molar-refractivity contribution in [3.8, 4) is 0 Å². The zero-order valence-electron chi connectivity index (χ0n) is 14.4. The highest BCUT2D eigenvalue weighted by atomic mass is 32.2. The predicted molar refractivity (Wildman–Crippen MR) is 96.7 cm³/mol. The number of nitrogens with one attached hydrogen (secondary N) is 2. The second-order valence-corrected chi connectivity index (χ2v) is 7.90. The van der Waals surface area contributed by atoms with Crippen LogP contribution in [0.15, 0.2) is 53.7 Å². The van der Waals surface area contributed by atoms with Crippen LogP contribution in [0.1, 0.15) is 29.8 Å². The first kappa shape index (κ1) is 19.1. The van der Waals surface area contributed by atoms with E-state index in [1.807, 2.05) is 26.0 Å². The molecule has 2 rings (SSSR count). The monoisotopic (exact) mass is 361 g/mol. The van der Waals surface area contributed by atoms with Gasteiger partial charge >= 0.3 is 0 Å². The number of sulfonamides is 1. The summed E-state index contributed by atoms with van der Waals surface area (Å²) >= 11 is 0. The first-order chi connectivity index (χ1) is 11.9. The van der Waals surface area contributed by atoms with Crippen molar-refractivity contribution in [3.05, 3.63) is 59.9 Å². The molecule has 0 radical (unpaired) electrons. The van der Waals surface area contributed by atoms with E-state index in [0.717, 1.165) is 5.56 Å². The zero-order valence-corrected chi connectivity index (χ0v) is 15.2. The standard InChI is InChI=1S/C18H23N3O3S/c1-14(2)12-20-18(22)16-5-7-17(8-6-16)25(23,24)21-11-9-15-4-3-10-19-13-15/h3-8,10,13-14,21H,9,11-12H2,1-2H3,(H,20,22). The van der Waals surface area contributed by atoms with Crippen LogP contribution in [-0.2, 0) is 16.4 Å². The number of aromatic nitrogens is 1. The molecule has 2 N–H and O–H groups in total. The van der Waals surface area contributed by atoms with Crippen molar-refractivity contribution >= 4 is 15.9 Å². The first-order valence-electron chi connectivity index (χ1n) is 8.15. The van der Waals surface area contributed by atoms with E-state index >= 15 is 0 Å². The number of rotatable bonds is 8. The van der Waals surface area contributed by atoms with Crippen molar-refractivity contribution in [3.63, 3.8) is 0 Å². The predicted octanol–water partition coefficient (Wildman–Crippen LogP) is 1.99. The van der Waals surface area contributed by atoms with E-state index in [4.69, 9.17) is 0 Å². The van der Waals surface area contributed by atoms with Gasteiger partial charge in [-0.15, -0.1) is 0 Å². The number of nitrogens with zero attached hydrogens (tertiary/aromatic N) is 1. The molecular weight excluding hydrogens is 338 g/mol. The van der Waals surface area contributed by atoms with E-state index < -0.39 is 10.0 Å². The summed E-state index contributed by atoms with van der Waals surface area (Å²) in [5, 5.41) is 2.80. The third-order valence-electron chi connectivity index (χ3n) is 3.53. The minimum absolute atomic E-state index is 0.138. The smallest absolute Gasteiger partial charge is 0.251 e. The number of carbonyl (C=O) groups excluding carboxylic acids is 1. The van der Waals surface area contributed by atoms with E-state index in [2.05, 4.69) is 15.0 Å². The normalized spacial score (nSPS) is 11.5. The number of amides is 1. The summed E-state index contributed by atoms with van der Waals surface area (Å²) in [5.41, 5.74) is 1.40. The average Bonchev–Trinajstić information content (AvgIpc) is 2.60. The summed E-state index contributed by atoms with van der Waals surface area (Å²) in [6, 6.07) is 9.63. The molecule has 2 aromatic rings. The van der Waals surface area contributed by atoms with Crippen molar-refractivity contribution in [1.29, 1.82) is 0 Å². The number of pyridine rings is 1. The van der Waals surface area contributed by atoms with E-state index in [1.54, 1.807) is 12.4 Å². The second kappa shape index (κ2) is 8.73. The fourth-order valence-corrected chi connectivity index (χ4v) is 3.18. The summed E-state index contributed by atoms with van der Waals surface area (Å²) in [7, 11) is -3.60. The molecule has 6 nitrogen and oxygen atoms in total. The first-order valence-corrected chi connectivity index (χ1v) is 9.63. The largest absolute Gasteiger partial charge is 0.352 e. The maximum absolute atomic E-state index is 12.3. The fourth-order valence-electron chi connectivity index (χ4n) is 2.14. The van der Waals surface area contributed by atoms with Gasteiger partial charge in [0.1, 0.15) is 0 Å². The maximum Gasteiger partial charge on any atom is 0.251 e. The van der Waals surface area contributed by atoms with Gasteiger partial charge in [-0.25, -0.2) is 13.1 Å². The SMILES string of the molecule is CC(C)CNC(=O)c1ccc(S(=O)(=O)NCCc2cccnc2)cc1. The molecule has 0 aliphatic carbocycles. The number of carbonyl (C=O) groups is 1. The molecule has 1 aromatic carbocycles. The third-order valence-corrected chi connectivity index (χ3v) is 5.00. The van der Waals surface area contributed by atoms with Crippen LogP contribution < -0.4 is 10.0 Å². The number of hydrogen-bond donors (Lipinski definition) is 2. The van der Waals surface area contributed by atoms with Crippen molar-refractivity contribution in [1.82, 2.24) is 15.0 Å². The van der Waals surface area contributed by atoms with Crippen LogP contribution in [0.2, 0.25) is 0 Å². The molecule has 1 amide bonds. The van der Waals surface area contributed by atoms with Gasteiger partial charge in [-0.2, -0.15) is 0 Å². The van der Waals surface area contributed by atoms with Crippen molar-refractivity contribution in [2.45, 2.75) is 25.2 Å². The maximum atomic E-state index is 12.3. The topological polar surface area (TPSA) is 88.2 Å². The molecule has 0 atom stereocenters. The van der Waals surface area contributed by atoms with Gasteiger partial charge in [-0.1, -0.05) is 19.9 Å². The van der Waals surface area contributed by atoms with Gasteiger partial charge in [0, 0.05) is 31.0 Å². The molecule has 7 heteroatoms. The van der Waals surface area contributed by atoms with Crippen molar-refractivity contribution in [2.24, 2.45) is 5.92 Å². The highest BCUT2D eigenvalue weighted by molar-refractivity contribution is 7.89. The van der Waals surface area contributed by atoms with Crippen LogP contribution >= 0.6 is 0 Å². The summed E-state index contributed by atoms with van der Waals surface area (Å²) in [4.78, 5) is 16.1. The van der Waals surface area contributed by atoms with Crippen LogP contribution in [0.4, 0.5) is 0 Å². The lowest BCUT2D eigenvalue weighted by molar-refractivity contribution is 0.0949. The van der Waals surface area contributed by atoms with Gasteiger partial charge in [-0.3, -0.25) is 9.78 Å². The molecule has 134 valence electrons. The van der Waals surface area contributed by atoms with Crippen LogP contribution in [-0.4, -0.2) is 32.4 Å². The lowest BCUT2D eigenvalue weighted by atomic mass is 10.2. The summed E-state index contributed by atoms with van der Waals surface area (Å²) in [5.74, 6) is 0.148. The lowest BCUT2D eigenvalue weighted by Crippen LogP contribution is -2.28. The summed E-state index contributed by atoms with van der Waals surface area (Å²) < 4.78 is 27.1.